The van der Waals surface area contributed by atoms with Gasteiger partial charge in [0, 0.05) is 26.2 Å². The zero-order chi connectivity index (χ0) is 29.7. The van der Waals surface area contributed by atoms with Crippen molar-refractivity contribution in [3.8, 4) is 0 Å². The molecule has 3 amide bonds. The molecule has 8 heteroatoms. The first-order chi connectivity index (χ1) is 19.7. The van der Waals surface area contributed by atoms with Crippen molar-refractivity contribution in [3.05, 3.63) is 61.2 Å². The van der Waals surface area contributed by atoms with Gasteiger partial charge in [-0.15, -0.1) is 13.2 Å². The molecular weight excluding hydrogens is 518 g/mol. The van der Waals surface area contributed by atoms with Crippen LogP contribution in [0.3, 0.4) is 0 Å². The first-order valence-corrected chi connectivity index (χ1v) is 15.2. The minimum Gasteiger partial charge on any atom is -0.394 e. The highest BCUT2D eigenvalue weighted by Gasteiger charge is 2.75. The van der Waals surface area contributed by atoms with Crippen molar-refractivity contribution in [2.75, 3.05) is 26.2 Å². The van der Waals surface area contributed by atoms with Gasteiger partial charge >= 0.3 is 0 Å². The van der Waals surface area contributed by atoms with Crippen LogP contribution in [0, 0.1) is 17.8 Å². The van der Waals surface area contributed by atoms with Gasteiger partial charge in [0.25, 0.3) is 0 Å². The van der Waals surface area contributed by atoms with Crippen molar-refractivity contribution in [2.45, 2.75) is 83.2 Å². The van der Waals surface area contributed by atoms with Gasteiger partial charge in [0.1, 0.15) is 11.6 Å². The molecule has 4 rings (SSSR count). The van der Waals surface area contributed by atoms with Crippen molar-refractivity contribution >= 4 is 17.7 Å². The maximum atomic E-state index is 14.5. The van der Waals surface area contributed by atoms with E-state index < -0.39 is 35.6 Å². The van der Waals surface area contributed by atoms with Gasteiger partial charge in [-0.25, -0.2) is 0 Å². The summed E-state index contributed by atoms with van der Waals surface area (Å²) < 4.78 is 6.67. The molecule has 0 saturated carbocycles. The third-order valence-corrected chi connectivity index (χ3v) is 8.92. The third kappa shape index (κ3) is 5.86. The fourth-order valence-electron chi connectivity index (χ4n) is 7.24. The van der Waals surface area contributed by atoms with E-state index in [2.05, 4.69) is 20.1 Å². The Kier molecular flexibility index (Phi) is 10.1. The van der Waals surface area contributed by atoms with Gasteiger partial charge in [-0.2, -0.15) is 0 Å². The number of aliphatic hydroxyl groups excluding tert-OH is 1. The van der Waals surface area contributed by atoms with E-state index in [9.17, 15) is 19.5 Å². The van der Waals surface area contributed by atoms with Crippen LogP contribution in [0.5, 0.6) is 0 Å². The Hall–Kier alpha value is -2.97. The Bertz CT molecular complexity index is 1110. The highest BCUT2D eigenvalue weighted by molar-refractivity contribution is 5.99. The first-order valence-electron chi connectivity index (χ1n) is 15.2. The summed E-state index contributed by atoms with van der Waals surface area (Å²) in [6.07, 6.45) is 6.40. The van der Waals surface area contributed by atoms with E-state index >= 15 is 0 Å². The lowest BCUT2D eigenvalue weighted by Crippen LogP contribution is -2.59. The molecule has 1 spiro atoms. The molecule has 6 atom stereocenters. The Morgan fingerprint density at radius 2 is 1.83 bits per heavy atom. The number of nitrogens with zero attached hydrogens (tertiary/aromatic N) is 3. The van der Waals surface area contributed by atoms with Crippen molar-refractivity contribution in [1.29, 1.82) is 0 Å². The van der Waals surface area contributed by atoms with Gasteiger partial charge in [-0.1, -0.05) is 69.7 Å². The second-order valence-electron chi connectivity index (χ2n) is 12.2. The zero-order valence-corrected chi connectivity index (χ0v) is 24.9. The molecule has 3 heterocycles. The molecule has 8 nitrogen and oxygen atoms in total. The number of fused-ring (bicyclic) bond motifs is 1. The molecule has 1 aromatic carbocycles. The van der Waals surface area contributed by atoms with Crippen LogP contribution in [-0.4, -0.2) is 87.6 Å². The summed E-state index contributed by atoms with van der Waals surface area (Å²) in [7, 11) is 0. The second-order valence-corrected chi connectivity index (χ2v) is 12.2. The summed E-state index contributed by atoms with van der Waals surface area (Å²) in [4.78, 5) is 48.2. The molecule has 224 valence electrons. The lowest BCUT2D eigenvalue weighted by molar-refractivity contribution is -0.152. The number of aliphatic hydroxyl groups is 1. The number of amides is 3. The Labute approximate surface area is 245 Å². The summed E-state index contributed by atoms with van der Waals surface area (Å²) in [5, 5.41) is 10.5. The number of likely N-dealkylation sites (tertiary alicyclic amines) is 1. The first kappa shape index (κ1) is 31.0. The van der Waals surface area contributed by atoms with Gasteiger partial charge < -0.3 is 24.5 Å². The number of ether oxygens (including phenoxy) is 1. The largest absolute Gasteiger partial charge is 0.394 e. The highest BCUT2D eigenvalue weighted by Crippen LogP contribution is 2.59. The van der Waals surface area contributed by atoms with Crippen molar-refractivity contribution in [2.24, 2.45) is 17.8 Å². The highest BCUT2D eigenvalue weighted by atomic mass is 16.5. The SMILES string of the molecule is C=CCN(CCCC)C(=O)C1N([C@@H](CO)CC(C)C)C(=O)[C@@H]2[C@@H](C(=O)N(CC=C)Cc3ccccc3)[C@H]3CCC12O3. The van der Waals surface area contributed by atoms with Crippen LogP contribution in [0.25, 0.3) is 0 Å². The monoisotopic (exact) mass is 565 g/mol. The average molecular weight is 566 g/mol. The minimum atomic E-state index is -1.10. The van der Waals surface area contributed by atoms with Crippen LogP contribution in [0.1, 0.15) is 58.4 Å². The molecule has 3 saturated heterocycles. The molecule has 1 N–H and O–H groups in total. The van der Waals surface area contributed by atoms with Crippen LogP contribution in [-0.2, 0) is 25.7 Å². The van der Waals surface area contributed by atoms with E-state index in [1.165, 1.54) is 0 Å². The van der Waals surface area contributed by atoms with Gasteiger partial charge in [0.2, 0.25) is 17.7 Å². The lowest BCUT2D eigenvalue weighted by Gasteiger charge is -2.39. The maximum Gasteiger partial charge on any atom is 0.248 e. The number of carbonyl (C=O) groups is 3. The van der Waals surface area contributed by atoms with Gasteiger partial charge in [-0.3, -0.25) is 14.4 Å². The van der Waals surface area contributed by atoms with E-state index in [-0.39, 0.29) is 30.2 Å². The predicted molar refractivity (Wildman–Crippen MR) is 159 cm³/mol. The summed E-state index contributed by atoms with van der Waals surface area (Å²) in [6, 6.07) is 8.33. The summed E-state index contributed by atoms with van der Waals surface area (Å²) in [5.74, 6) is -1.86. The smallest absolute Gasteiger partial charge is 0.248 e. The summed E-state index contributed by atoms with van der Waals surface area (Å²) >= 11 is 0. The Morgan fingerprint density at radius 3 is 2.44 bits per heavy atom. The number of benzene rings is 1. The van der Waals surface area contributed by atoms with Crippen LogP contribution >= 0.6 is 0 Å². The topological polar surface area (TPSA) is 90.4 Å². The van der Waals surface area contributed by atoms with Crippen LogP contribution in [0.15, 0.2) is 55.6 Å². The molecular formula is C33H47N3O5. The summed E-state index contributed by atoms with van der Waals surface area (Å²) in [5.41, 5.74) is -0.107. The fourth-order valence-corrected chi connectivity index (χ4v) is 7.24. The quantitative estimate of drug-likeness (QED) is 0.327. The standard InChI is InChI=1S/C33H47N3O5/c1-6-9-19-34(17-7-2)32(40)29-33-16-15-26(41-33)27(28(33)31(39)36(29)25(22-37)20-23(4)5)30(38)35(18-8-3)21-24-13-11-10-12-14-24/h7-8,10-14,23,25-29,37H,2-3,6,9,15-22H2,1,4-5H3/t25-,26-,27+,28+,29?,33?/m1/s1. The number of hydrogen-bond donors (Lipinski definition) is 1. The van der Waals surface area contributed by atoms with E-state index in [4.69, 9.17) is 4.74 Å². The van der Waals surface area contributed by atoms with Gasteiger partial charge in [-0.05, 0) is 37.2 Å². The normalized spacial score (nSPS) is 27.1. The van der Waals surface area contributed by atoms with E-state index in [0.717, 1.165) is 18.4 Å². The van der Waals surface area contributed by atoms with E-state index in [1.54, 1.807) is 26.9 Å². The number of unbranched alkanes of at least 4 members (excludes halogenated alkanes) is 1. The van der Waals surface area contributed by atoms with Gasteiger partial charge in [0.05, 0.1) is 30.6 Å². The van der Waals surface area contributed by atoms with Crippen molar-refractivity contribution in [3.63, 3.8) is 0 Å². The molecule has 2 unspecified atom stereocenters. The van der Waals surface area contributed by atoms with Crippen molar-refractivity contribution < 1.29 is 24.2 Å². The molecule has 2 bridgehead atoms. The van der Waals surface area contributed by atoms with Crippen LogP contribution < -0.4 is 0 Å². The molecule has 0 radical (unpaired) electrons. The van der Waals surface area contributed by atoms with Crippen LogP contribution in [0.4, 0.5) is 0 Å². The zero-order valence-electron chi connectivity index (χ0n) is 24.9. The third-order valence-electron chi connectivity index (χ3n) is 8.92. The predicted octanol–water partition coefficient (Wildman–Crippen LogP) is 3.80. The fraction of sp³-hybridized carbons (Fsp3) is 0.606. The molecule has 1 aromatic rings. The minimum absolute atomic E-state index is 0.148. The molecule has 3 aliphatic rings. The molecule has 3 fully saturated rings. The van der Waals surface area contributed by atoms with E-state index in [0.29, 0.717) is 45.4 Å². The molecule has 0 aliphatic carbocycles. The molecule has 41 heavy (non-hydrogen) atoms. The lowest BCUT2D eigenvalue weighted by atomic mass is 9.70. The molecule has 0 aromatic heterocycles. The number of rotatable bonds is 15. The maximum absolute atomic E-state index is 14.5. The number of carbonyl (C=O) groups excluding carboxylic acids is 3. The van der Waals surface area contributed by atoms with E-state index in [1.807, 2.05) is 44.2 Å². The Morgan fingerprint density at radius 1 is 1.15 bits per heavy atom. The van der Waals surface area contributed by atoms with Crippen LogP contribution in [0.2, 0.25) is 0 Å². The Balaban J connectivity index is 1.74. The summed E-state index contributed by atoms with van der Waals surface area (Å²) in [6.45, 7) is 15.3. The van der Waals surface area contributed by atoms with Crippen molar-refractivity contribution in [1.82, 2.24) is 14.7 Å². The average Bonchev–Trinajstić information content (AvgIpc) is 3.61. The second kappa shape index (κ2) is 13.3. The number of hydrogen-bond acceptors (Lipinski definition) is 5. The van der Waals surface area contributed by atoms with Gasteiger partial charge in [0.15, 0.2) is 0 Å². The molecule has 3 aliphatic heterocycles.